The quantitative estimate of drug-likeness (QED) is 0.576. The van der Waals surface area contributed by atoms with Gasteiger partial charge < -0.3 is 10.5 Å². The highest BCUT2D eigenvalue weighted by molar-refractivity contribution is 7.22. The van der Waals surface area contributed by atoms with Gasteiger partial charge in [0.1, 0.15) is 11.5 Å². The molecular weight excluding hydrogens is 280 g/mol. The minimum atomic E-state index is 0.576. The lowest BCUT2D eigenvalue weighted by Crippen LogP contribution is -1.85. The fourth-order valence-electron chi connectivity index (χ4n) is 2.40. The van der Waals surface area contributed by atoms with Crippen LogP contribution in [0.15, 0.2) is 60.7 Å². The average molecular weight is 292 g/mol. The second kappa shape index (κ2) is 4.75. The van der Waals surface area contributed by atoms with E-state index in [1.807, 2.05) is 42.5 Å². The molecule has 0 aliphatic rings. The SMILES string of the molecule is Nc1nc2ccc(Oc3cccc4ccccc34)cc2s1. The van der Waals surface area contributed by atoms with Crippen molar-refractivity contribution in [2.75, 3.05) is 5.73 Å². The molecule has 102 valence electrons. The number of thiazole rings is 1. The molecule has 1 aromatic heterocycles. The Bertz CT molecular complexity index is 940. The smallest absolute Gasteiger partial charge is 0.181 e. The molecule has 0 spiro atoms. The number of hydrogen-bond donors (Lipinski definition) is 1. The maximum Gasteiger partial charge on any atom is 0.181 e. The number of fused-ring (bicyclic) bond motifs is 2. The van der Waals surface area contributed by atoms with Gasteiger partial charge in [0.25, 0.3) is 0 Å². The van der Waals surface area contributed by atoms with Crippen molar-refractivity contribution in [3.05, 3.63) is 60.7 Å². The van der Waals surface area contributed by atoms with Gasteiger partial charge in [0.15, 0.2) is 5.13 Å². The number of benzene rings is 3. The molecule has 2 N–H and O–H groups in total. The number of nitrogens with zero attached hydrogens (tertiary/aromatic N) is 1. The van der Waals surface area contributed by atoms with Crippen molar-refractivity contribution < 1.29 is 4.74 Å². The Morgan fingerprint density at radius 1 is 0.952 bits per heavy atom. The van der Waals surface area contributed by atoms with E-state index in [0.29, 0.717) is 5.13 Å². The van der Waals surface area contributed by atoms with Gasteiger partial charge in [-0.15, -0.1) is 0 Å². The minimum Gasteiger partial charge on any atom is -0.457 e. The van der Waals surface area contributed by atoms with Gasteiger partial charge >= 0.3 is 0 Å². The fraction of sp³-hybridized carbons (Fsp3) is 0. The number of rotatable bonds is 2. The fourth-order valence-corrected chi connectivity index (χ4v) is 3.16. The van der Waals surface area contributed by atoms with Gasteiger partial charge in [-0.25, -0.2) is 4.98 Å². The summed E-state index contributed by atoms with van der Waals surface area (Å²) in [6.45, 7) is 0. The van der Waals surface area contributed by atoms with E-state index in [9.17, 15) is 0 Å². The Morgan fingerprint density at radius 3 is 2.76 bits per heavy atom. The summed E-state index contributed by atoms with van der Waals surface area (Å²) in [5.74, 6) is 1.65. The molecule has 0 fully saturated rings. The summed E-state index contributed by atoms with van der Waals surface area (Å²) < 4.78 is 7.08. The molecule has 0 saturated heterocycles. The number of nitrogen functional groups attached to an aromatic ring is 1. The molecular formula is C17H12N2OS. The molecule has 0 amide bonds. The van der Waals surface area contributed by atoms with Crippen LogP contribution in [0, 0.1) is 0 Å². The lowest BCUT2D eigenvalue weighted by atomic mass is 10.1. The van der Waals surface area contributed by atoms with Crippen LogP contribution in [-0.2, 0) is 0 Å². The predicted octanol–water partition coefficient (Wildman–Crippen LogP) is 4.82. The van der Waals surface area contributed by atoms with Gasteiger partial charge in [0, 0.05) is 11.5 Å². The van der Waals surface area contributed by atoms with Gasteiger partial charge in [-0.3, -0.25) is 0 Å². The van der Waals surface area contributed by atoms with Crippen LogP contribution in [0.25, 0.3) is 21.0 Å². The van der Waals surface area contributed by atoms with Gasteiger partial charge in [-0.2, -0.15) is 0 Å². The first-order chi connectivity index (χ1) is 10.3. The van der Waals surface area contributed by atoms with E-state index in [2.05, 4.69) is 23.2 Å². The molecule has 0 radical (unpaired) electrons. The van der Waals surface area contributed by atoms with Gasteiger partial charge in [0.05, 0.1) is 10.2 Å². The number of anilines is 1. The highest BCUT2D eigenvalue weighted by Gasteiger charge is 2.06. The third-order valence-electron chi connectivity index (χ3n) is 3.35. The number of ether oxygens (including phenoxy) is 1. The summed E-state index contributed by atoms with van der Waals surface area (Å²) in [6, 6.07) is 20.1. The molecule has 3 aromatic carbocycles. The second-order valence-corrected chi connectivity index (χ2v) is 5.82. The van der Waals surface area contributed by atoms with E-state index in [0.717, 1.165) is 32.5 Å². The van der Waals surface area contributed by atoms with Crippen LogP contribution >= 0.6 is 11.3 Å². The van der Waals surface area contributed by atoms with Gasteiger partial charge in [0.2, 0.25) is 0 Å². The van der Waals surface area contributed by atoms with Crippen LogP contribution in [0.2, 0.25) is 0 Å². The minimum absolute atomic E-state index is 0.576. The van der Waals surface area contributed by atoms with Crippen molar-refractivity contribution in [2.45, 2.75) is 0 Å². The van der Waals surface area contributed by atoms with Crippen molar-refractivity contribution in [1.29, 1.82) is 0 Å². The predicted molar refractivity (Wildman–Crippen MR) is 88.1 cm³/mol. The lowest BCUT2D eigenvalue weighted by Gasteiger charge is -2.08. The van der Waals surface area contributed by atoms with Crippen molar-refractivity contribution in [1.82, 2.24) is 4.98 Å². The van der Waals surface area contributed by atoms with E-state index >= 15 is 0 Å². The molecule has 3 nitrogen and oxygen atoms in total. The Balaban J connectivity index is 1.78. The highest BCUT2D eigenvalue weighted by Crippen LogP contribution is 2.33. The molecule has 0 saturated carbocycles. The Kier molecular flexibility index (Phi) is 2.75. The molecule has 0 aliphatic heterocycles. The van der Waals surface area contributed by atoms with Crippen LogP contribution < -0.4 is 10.5 Å². The number of hydrogen-bond acceptors (Lipinski definition) is 4. The van der Waals surface area contributed by atoms with Crippen LogP contribution in [0.4, 0.5) is 5.13 Å². The molecule has 21 heavy (non-hydrogen) atoms. The molecule has 0 aliphatic carbocycles. The monoisotopic (exact) mass is 292 g/mol. The first-order valence-electron chi connectivity index (χ1n) is 6.61. The molecule has 4 heteroatoms. The van der Waals surface area contributed by atoms with Gasteiger partial charge in [-0.1, -0.05) is 47.7 Å². The lowest BCUT2D eigenvalue weighted by molar-refractivity contribution is 0.489. The average Bonchev–Trinajstić information content (AvgIpc) is 2.87. The van der Waals surface area contributed by atoms with Crippen molar-refractivity contribution in [3.63, 3.8) is 0 Å². The Hall–Kier alpha value is -2.59. The van der Waals surface area contributed by atoms with Gasteiger partial charge in [-0.05, 0) is 23.6 Å². The zero-order valence-electron chi connectivity index (χ0n) is 11.1. The molecule has 0 unspecified atom stereocenters. The molecule has 4 aromatic rings. The van der Waals surface area contributed by atoms with Crippen LogP contribution in [0.1, 0.15) is 0 Å². The van der Waals surface area contributed by atoms with Crippen LogP contribution in [-0.4, -0.2) is 4.98 Å². The Labute approximate surface area is 125 Å². The van der Waals surface area contributed by atoms with Crippen LogP contribution in [0.3, 0.4) is 0 Å². The standard InChI is InChI=1S/C17H12N2OS/c18-17-19-14-9-8-12(10-16(14)21-17)20-15-7-3-5-11-4-1-2-6-13(11)15/h1-10H,(H2,18,19). The van der Waals surface area contributed by atoms with E-state index < -0.39 is 0 Å². The van der Waals surface area contributed by atoms with Crippen molar-refractivity contribution in [2.24, 2.45) is 0 Å². The molecule has 0 bridgehead atoms. The summed E-state index contributed by atoms with van der Waals surface area (Å²) in [5.41, 5.74) is 6.64. The van der Waals surface area contributed by atoms with E-state index in [1.165, 1.54) is 11.3 Å². The molecule has 0 atom stereocenters. The zero-order chi connectivity index (χ0) is 14.2. The summed E-state index contributed by atoms with van der Waals surface area (Å²) in [5, 5.41) is 2.84. The number of aromatic nitrogens is 1. The van der Waals surface area contributed by atoms with Crippen molar-refractivity contribution >= 4 is 37.5 Å². The maximum absolute atomic E-state index is 6.05. The maximum atomic E-state index is 6.05. The summed E-state index contributed by atoms with van der Waals surface area (Å²) >= 11 is 1.47. The zero-order valence-corrected chi connectivity index (χ0v) is 11.9. The summed E-state index contributed by atoms with van der Waals surface area (Å²) in [6.07, 6.45) is 0. The molecule has 1 heterocycles. The number of nitrogens with two attached hydrogens (primary N) is 1. The van der Waals surface area contributed by atoms with E-state index in [1.54, 1.807) is 0 Å². The third kappa shape index (κ3) is 2.19. The summed E-state index contributed by atoms with van der Waals surface area (Å²) in [4.78, 5) is 4.25. The topological polar surface area (TPSA) is 48.1 Å². The third-order valence-corrected chi connectivity index (χ3v) is 4.20. The first kappa shape index (κ1) is 12.2. The van der Waals surface area contributed by atoms with Crippen LogP contribution in [0.5, 0.6) is 11.5 Å². The first-order valence-corrected chi connectivity index (χ1v) is 7.43. The molecule has 4 rings (SSSR count). The highest BCUT2D eigenvalue weighted by atomic mass is 32.1. The normalized spacial score (nSPS) is 11.0. The summed E-state index contributed by atoms with van der Waals surface area (Å²) in [7, 11) is 0. The second-order valence-electron chi connectivity index (χ2n) is 4.76. The van der Waals surface area contributed by atoms with E-state index in [4.69, 9.17) is 10.5 Å². The largest absolute Gasteiger partial charge is 0.457 e. The van der Waals surface area contributed by atoms with Crippen molar-refractivity contribution in [3.8, 4) is 11.5 Å². The van der Waals surface area contributed by atoms with E-state index in [-0.39, 0.29) is 0 Å². The Morgan fingerprint density at radius 2 is 1.81 bits per heavy atom.